The summed E-state index contributed by atoms with van der Waals surface area (Å²) in [6.45, 7) is 0. The molecule has 1 aliphatic rings. The van der Waals surface area contributed by atoms with Gasteiger partial charge in [0.2, 0.25) is 0 Å². The summed E-state index contributed by atoms with van der Waals surface area (Å²) < 4.78 is 0. The molecule has 5 heteroatoms. The molecule has 1 N–H and O–H groups in total. The van der Waals surface area contributed by atoms with Crippen molar-refractivity contribution in [1.82, 2.24) is 0 Å². The molecule has 0 bridgehead atoms. The lowest BCUT2D eigenvalue weighted by atomic mass is 10.2. The van der Waals surface area contributed by atoms with Crippen LogP contribution in [0.15, 0.2) is 39.9 Å². The summed E-state index contributed by atoms with van der Waals surface area (Å²) >= 11 is 0. The summed E-state index contributed by atoms with van der Waals surface area (Å²) in [7, 11) is 0. The Morgan fingerprint density at radius 2 is 1.92 bits per heavy atom. The molecule has 0 unspecified atom stereocenters. The van der Waals surface area contributed by atoms with Crippen LogP contribution in [0.3, 0.4) is 0 Å². The van der Waals surface area contributed by atoms with Gasteiger partial charge >= 0.3 is 0 Å². The summed E-state index contributed by atoms with van der Waals surface area (Å²) in [6.07, 6.45) is 1.36. The monoisotopic (exact) mass is 162 g/mol. The van der Waals surface area contributed by atoms with Gasteiger partial charge in [0.05, 0.1) is 11.9 Å². The lowest BCUT2D eigenvalue weighted by molar-refractivity contribution is 0.322. The van der Waals surface area contributed by atoms with Crippen LogP contribution in [-0.2, 0) is 0 Å². The van der Waals surface area contributed by atoms with E-state index in [1.165, 1.54) is 11.3 Å². The molecule has 2 rings (SSSR count). The molecule has 0 radical (unpaired) electrons. The van der Waals surface area contributed by atoms with Gasteiger partial charge in [-0.15, -0.1) is 5.12 Å². The first-order valence-corrected chi connectivity index (χ1v) is 3.39. The SMILES string of the molecule is ON=Cc1ccc(N2N=N2)cc1. The highest BCUT2D eigenvalue weighted by molar-refractivity contribution is 5.79. The Kier molecular flexibility index (Phi) is 1.48. The van der Waals surface area contributed by atoms with Gasteiger partial charge in [-0.1, -0.05) is 17.3 Å². The summed E-state index contributed by atoms with van der Waals surface area (Å²) in [5.41, 5.74) is 1.74. The average molecular weight is 162 g/mol. The van der Waals surface area contributed by atoms with E-state index < -0.39 is 0 Å². The molecule has 1 aromatic rings. The van der Waals surface area contributed by atoms with Gasteiger partial charge in [-0.25, -0.2) is 0 Å². The molecule has 0 saturated heterocycles. The molecule has 5 nitrogen and oxygen atoms in total. The molecule has 0 saturated carbocycles. The lowest BCUT2D eigenvalue weighted by Gasteiger charge is -1.95. The van der Waals surface area contributed by atoms with E-state index in [-0.39, 0.29) is 0 Å². The van der Waals surface area contributed by atoms with Gasteiger partial charge in [0.1, 0.15) is 0 Å². The molecule has 60 valence electrons. The predicted octanol–water partition coefficient (Wildman–Crippen LogP) is 1.60. The molecule has 1 aliphatic heterocycles. The van der Waals surface area contributed by atoms with Crippen LogP contribution in [0, 0.1) is 0 Å². The van der Waals surface area contributed by atoms with Gasteiger partial charge in [0, 0.05) is 0 Å². The summed E-state index contributed by atoms with van der Waals surface area (Å²) in [5, 5.41) is 19.9. The van der Waals surface area contributed by atoms with E-state index >= 15 is 0 Å². The Labute approximate surface area is 68.6 Å². The smallest absolute Gasteiger partial charge is 0.0893 e. The number of rotatable bonds is 2. The fourth-order valence-electron chi connectivity index (χ4n) is 0.884. The van der Waals surface area contributed by atoms with Crippen molar-refractivity contribution in [1.29, 1.82) is 0 Å². The first kappa shape index (κ1) is 6.78. The predicted molar refractivity (Wildman–Crippen MR) is 43.2 cm³/mol. The van der Waals surface area contributed by atoms with Gasteiger partial charge in [-0.05, 0) is 28.1 Å². The van der Waals surface area contributed by atoms with Crippen molar-refractivity contribution in [2.45, 2.75) is 0 Å². The molecule has 0 aliphatic carbocycles. The largest absolute Gasteiger partial charge is 0.411 e. The second kappa shape index (κ2) is 2.61. The van der Waals surface area contributed by atoms with Crippen LogP contribution in [0.4, 0.5) is 5.69 Å². The second-order valence-electron chi connectivity index (χ2n) is 2.30. The standard InChI is InChI=1S/C7H6N4O/c12-8-5-6-1-3-7(4-2-6)11-9-10-11/h1-5,12H. The summed E-state index contributed by atoms with van der Waals surface area (Å²) in [4.78, 5) is 0. The molecule has 1 aromatic carbocycles. The second-order valence-corrected chi connectivity index (χ2v) is 2.30. The van der Waals surface area contributed by atoms with Gasteiger partial charge < -0.3 is 5.21 Å². The zero-order valence-electron chi connectivity index (χ0n) is 6.12. The Balaban J connectivity index is 2.18. The molecule has 0 fully saturated rings. The van der Waals surface area contributed by atoms with Crippen LogP contribution in [0.1, 0.15) is 5.56 Å². The molecule has 0 atom stereocenters. The van der Waals surface area contributed by atoms with Crippen molar-refractivity contribution < 1.29 is 5.21 Å². The van der Waals surface area contributed by atoms with Crippen molar-refractivity contribution in [2.24, 2.45) is 15.6 Å². The van der Waals surface area contributed by atoms with Crippen molar-refractivity contribution in [3.05, 3.63) is 29.8 Å². The molecule has 0 amide bonds. The Morgan fingerprint density at radius 3 is 2.42 bits per heavy atom. The minimum absolute atomic E-state index is 0.836. The molecule has 12 heavy (non-hydrogen) atoms. The fourth-order valence-corrected chi connectivity index (χ4v) is 0.884. The number of hydrogen-bond donors (Lipinski definition) is 1. The van der Waals surface area contributed by atoms with E-state index in [0.717, 1.165) is 11.3 Å². The minimum Gasteiger partial charge on any atom is -0.411 e. The third-order valence-electron chi connectivity index (χ3n) is 1.51. The minimum atomic E-state index is 0.836. The van der Waals surface area contributed by atoms with Gasteiger partial charge in [-0.2, -0.15) is 0 Å². The van der Waals surface area contributed by atoms with Crippen LogP contribution in [0.5, 0.6) is 0 Å². The van der Waals surface area contributed by atoms with E-state index in [4.69, 9.17) is 5.21 Å². The van der Waals surface area contributed by atoms with Crippen molar-refractivity contribution in [3.63, 3.8) is 0 Å². The highest BCUT2D eigenvalue weighted by Gasteiger charge is 2.12. The third-order valence-corrected chi connectivity index (χ3v) is 1.51. The fraction of sp³-hybridized carbons (Fsp3) is 0. The highest BCUT2D eigenvalue weighted by Crippen LogP contribution is 2.22. The zero-order valence-corrected chi connectivity index (χ0v) is 6.12. The molecule has 0 aromatic heterocycles. The molecule has 1 heterocycles. The Bertz CT molecular complexity index is 324. The van der Waals surface area contributed by atoms with Gasteiger partial charge in [-0.3, -0.25) is 0 Å². The van der Waals surface area contributed by atoms with Crippen molar-refractivity contribution >= 4 is 11.9 Å². The topological polar surface area (TPSA) is 60.3 Å². The van der Waals surface area contributed by atoms with E-state index in [0.29, 0.717) is 0 Å². The Hall–Kier alpha value is -1.91. The average Bonchev–Trinajstić information content (AvgIpc) is 2.89. The van der Waals surface area contributed by atoms with Crippen molar-refractivity contribution in [3.8, 4) is 0 Å². The van der Waals surface area contributed by atoms with Crippen LogP contribution in [-0.4, -0.2) is 11.4 Å². The molecular formula is C7H6N4O. The van der Waals surface area contributed by atoms with E-state index in [1.807, 2.05) is 24.3 Å². The third kappa shape index (κ3) is 1.24. The number of benzene rings is 1. The maximum absolute atomic E-state index is 8.23. The van der Waals surface area contributed by atoms with Crippen LogP contribution in [0.2, 0.25) is 0 Å². The number of nitrogens with zero attached hydrogens (tertiary/aromatic N) is 4. The van der Waals surface area contributed by atoms with Crippen LogP contribution in [0.25, 0.3) is 0 Å². The van der Waals surface area contributed by atoms with E-state index in [1.54, 1.807) is 0 Å². The highest BCUT2D eigenvalue weighted by atomic mass is 16.4. The van der Waals surface area contributed by atoms with Crippen LogP contribution < -0.4 is 5.12 Å². The van der Waals surface area contributed by atoms with Crippen molar-refractivity contribution in [2.75, 3.05) is 5.12 Å². The first-order chi connectivity index (χ1) is 5.90. The van der Waals surface area contributed by atoms with Crippen LogP contribution >= 0.6 is 0 Å². The number of oxime groups is 1. The maximum atomic E-state index is 8.23. The zero-order chi connectivity index (χ0) is 8.39. The number of anilines is 1. The molecule has 0 spiro atoms. The summed E-state index contributed by atoms with van der Waals surface area (Å²) in [5.74, 6) is 0. The normalized spacial score (nSPS) is 14.2. The van der Waals surface area contributed by atoms with E-state index in [2.05, 4.69) is 15.6 Å². The lowest BCUT2D eigenvalue weighted by Crippen LogP contribution is -1.89. The van der Waals surface area contributed by atoms with Gasteiger partial charge in [0.15, 0.2) is 0 Å². The van der Waals surface area contributed by atoms with E-state index in [9.17, 15) is 0 Å². The Morgan fingerprint density at radius 1 is 1.25 bits per heavy atom. The quantitative estimate of drug-likeness (QED) is 0.408. The van der Waals surface area contributed by atoms with Gasteiger partial charge in [0.25, 0.3) is 0 Å². The first-order valence-electron chi connectivity index (χ1n) is 3.39. The maximum Gasteiger partial charge on any atom is 0.0893 e. The molecular weight excluding hydrogens is 156 g/mol. The number of hydrogen-bond acceptors (Lipinski definition) is 5. The summed E-state index contributed by atoms with van der Waals surface area (Å²) in [6, 6.07) is 7.32.